The van der Waals surface area contributed by atoms with Crippen molar-refractivity contribution in [3.8, 4) is 0 Å². The van der Waals surface area contributed by atoms with Crippen molar-refractivity contribution in [3.05, 3.63) is 45.7 Å². The Hall–Kier alpha value is -1.73. The van der Waals surface area contributed by atoms with Gasteiger partial charge in [0.2, 0.25) is 5.91 Å². The molecule has 3 rings (SSSR count). The highest BCUT2D eigenvalue weighted by Gasteiger charge is 2.30. The van der Waals surface area contributed by atoms with Crippen LogP contribution in [-0.4, -0.2) is 27.9 Å². The molecule has 0 spiro atoms. The first-order valence-electron chi connectivity index (χ1n) is 7.83. The summed E-state index contributed by atoms with van der Waals surface area (Å²) in [6.45, 7) is 2.07. The molecule has 0 unspecified atom stereocenters. The molecule has 2 heterocycles. The van der Waals surface area contributed by atoms with E-state index in [1.54, 1.807) is 11.8 Å². The fourth-order valence-corrected chi connectivity index (χ4v) is 3.87. The predicted octanol–water partition coefficient (Wildman–Crippen LogP) is 3.47. The van der Waals surface area contributed by atoms with E-state index in [-0.39, 0.29) is 23.8 Å². The number of hydrogen-bond acceptors (Lipinski definition) is 5. The van der Waals surface area contributed by atoms with E-state index in [4.69, 9.17) is 0 Å². The smallest absolute Gasteiger partial charge is 0.257 e. The maximum Gasteiger partial charge on any atom is 0.257 e. The molecule has 0 fully saturated rings. The largest absolute Gasteiger partial charge is 0.310 e. The molecule has 1 aliphatic rings. The maximum absolute atomic E-state index is 12.6. The number of carbonyl (C=O) groups excluding carboxylic acids is 1. The average Bonchev–Trinajstić information content (AvgIpc) is 2.59. The molecule has 126 valence electrons. The van der Waals surface area contributed by atoms with Crippen molar-refractivity contribution in [1.82, 2.24) is 9.97 Å². The number of rotatable bonds is 5. The number of nitrogens with zero attached hydrogens (tertiary/aromatic N) is 1. The molecule has 5 nitrogen and oxygen atoms in total. The van der Waals surface area contributed by atoms with Crippen LogP contribution in [-0.2, 0) is 4.79 Å². The highest BCUT2D eigenvalue weighted by molar-refractivity contribution is 7.99. The van der Waals surface area contributed by atoms with Crippen LogP contribution in [0.4, 0.5) is 5.82 Å². The summed E-state index contributed by atoms with van der Waals surface area (Å²) >= 11 is 3.15. The Kier molecular flexibility index (Phi) is 5.30. The first kappa shape index (κ1) is 17.1. The van der Waals surface area contributed by atoms with Crippen LogP contribution >= 0.6 is 23.5 Å². The average molecular weight is 361 g/mol. The molecule has 0 radical (unpaired) electrons. The molecule has 1 aliphatic heterocycles. The van der Waals surface area contributed by atoms with E-state index in [0.717, 1.165) is 22.6 Å². The Morgan fingerprint density at radius 1 is 1.25 bits per heavy atom. The fraction of sp³-hybridized carbons (Fsp3) is 0.353. The molecule has 1 aromatic heterocycles. The highest BCUT2D eigenvalue weighted by Crippen LogP contribution is 2.35. The first-order valence-corrected chi connectivity index (χ1v) is 10.0. The van der Waals surface area contributed by atoms with Gasteiger partial charge in [-0.1, -0.05) is 30.8 Å². The number of fused-ring (bicyclic) bond motifs is 1. The van der Waals surface area contributed by atoms with Gasteiger partial charge in [-0.25, -0.2) is 4.98 Å². The lowest BCUT2D eigenvalue weighted by atomic mass is 9.87. The molecule has 1 aromatic carbocycles. The maximum atomic E-state index is 12.6. The number of H-pyrrole nitrogens is 1. The molecule has 2 aromatic rings. The highest BCUT2D eigenvalue weighted by atomic mass is 32.2. The Balaban J connectivity index is 2.02. The summed E-state index contributed by atoms with van der Waals surface area (Å²) in [5.74, 6) is 0.902. The third kappa shape index (κ3) is 3.52. The number of amides is 1. The number of nitrogens with one attached hydrogen (secondary N) is 2. The predicted molar refractivity (Wildman–Crippen MR) is 99.2 cm³/mol. The van der Waals surface area contributed by atoms with Crippen molar-refractivity contribution in [2.75, 3.05) is 17.3 Å². The van der Waals surface area contributed by atoms with Crippen LogP contribution < -0.4 is 10.9 Å². The van der Waals surface area contributed by atoms with E-state index in [1.807, 2.05) is 30.5 Å². The van der Waals surface area contributed by atoms with E-state index in [0.29, 0.717) is 16.5 Å². The summed E-state index contributed by atoms with van der Waals surface area (Å²) in [4.78, 5) is 33.1. The Labute approximate surface area is 149 Å². The zero-order chi connectivity index (χ0) is 17.1. The van der Waals surface area contributed by atoms with Crippen molar-refractivity contribution in [3.63, 3.8) is 0 Å². The van der Waals surface area contributed by atoms with Crippen molar-refractivity contribution in [2.45, 2.75) is 35.7 Å². The van der Waals surface area contributed by atoms with Crippen molar-refractivity contribution >= 4 is 35.2 Å². The van der Waals surface area contributed by atoms with Crippen molar-refractivity contribution < 1.29 is 4.79 Å². The summed E-state index contributed by atoms with van der Waals surface area (Å²) in [5.41, 5.74) is 1.34. The summed E-state index contributed by atoms with van der Waals surface area (Å²) in [6.07, 6.45) is 3.27. The lowest BCUT2D eigenvalue weighted by Gasteiger charge is -2.24. The standard InChI is InChI=1S/C17H19N3O2S2/c1-3-8-24-17-19-15-14(16(22)20-17)12(9-13(21)18-15)10-4-6-11(23-2)7-5-10/h4-7,12H,3,8-9H2,1-2H3,(H2,18,19,20,21,22)/t12-/m1/s1. The van der Waals surface area contributed by atoms with Gasteiger partial charge in [0, 0.05) is 23.0 Å². The Morgan fingerprint density at radius 3 is 2.67 bits per heavy atom. The summed E-state index contributed by atoms with van der Waals surface area (Å²) in [6, 6.07) is 7.99. The minimum Gasteiger partial charge on any atom is -0.310 e. The first-order chi connectivity index (χ1) is 11.6. The van der Waals surface area contributed by atoms with Gasteiger partial charge < -0.3 is 10.3 Å². The van der Waals surface area contributed by atoms with Crippen LogP contribution in [0.15, 0.2) is 39.1 Å². The number of anilines is 1. The number of aromatic amines is 1. The summed E-state index contributed by atoms with van der Waals surface area (Å²) in [7, 11) is 0. The number of aromatic nitrogens is 2. The van der Waals surface area contributed by atoms with Gasteiger partial charge in [-0.3, -0.25) is 9.59 Å². The van der Waals surface area contributed by atoms with Gasteiger partial charge in [-0.05, 0) is 30.4 Å². The Morgan fingerprint density at radius 2 is 2.00 bits per heavy atom. The van der Waals surface area contributed by atoms with Crippen LogP contribution in [0, 0.1) is 0 Å². The van der Waals surface area contributed by atoms with Gasteiger partial charge in [-0.15, -0.1) is 11.8 Å². The second-order valence-corrected chi connectivity index (χ2v) is 7.52. The van der Waals surface area contributed by atoms with Gasteiger partial charge in [-0.2, -0.15) is 0 Å². The number of thioether (sulfide) groups is 2. The number of benzene rings is 1. The molecular formula is C17H19N3O2S2. The number of hydrogen-bond donors (Lipinski definition) is 2. The van der Waals surface area contributed by atoms with Crippen LogP contribution in [0.5, 0.6) is 0 Å². The molecule has 1 atom stereocenters. The third-order valence-corrected chi connectivity index (χ3v) is 5.71. The lowest BCUT2D eigenvalue weighted by molar-refractivity contribution is -0.116. The van der Waals surface area contributed by atoms with Crippen LogP contribution in [0.2, 0.25) is 0 Å². The van der Waals surface area contributed by atoms with Gasteiger partial charge >= 0.3 is 0 Å². The molecule has 2 N–H and O–H groups in total. The summed E-state index contributed by atoms with van der Waals surface area (Å²) in [5, 5.41) is 3.31. The molecular weight excluding hydrogens is 342 g/mol. The normalized spacial score (nSPS) is 16.6. The van der Waals surface area contributed by atoms with E-state index in [2.05, 4.69) is 22.2 Å². The molecule has 0 bridgehead atoms. The number of carbonyl (C=O) groups is 1. The molecule has 0 saturated carbocycles. The third-order valence-electron chi connectivity index (χ3n) is 3.89. The van der Waals surface area contributed by atoms with Crippen LogP contribution in [0.3, 0.4) is 0 Å². The quantitative estimate of drug-likeness (QED) is 0.630. The van der Waals surface area contributed by atoms with Crippen LogP contribution in [0.25, 0.3) is 0 Å². The van der Waals surface area contributed by atoms with E-state index in [9.17, 15) is 9.59 Å². The van der Waals surface area contributed by atoms with E-state index >= 15 is 0 Å². The van der Waals surface area contributed by atoms with Gasteiger partial charge in [0.1, 0.15) is 5.82 Å². The SMILES string of the molecule is CCCSc1nc2c(c(=O)[nH]1)[C@@H](c1ccc(SC)cc1)CC(=O)N2. The van der Waals surface area contributed by atoms with Crippen LogP contribution in [0.1, 0.15) is 36.8 Å². The van der Waals surface area contributed by atoms with E-state index < -0.39 is 0 Å². The molecule has 7 heteroatoms. The van der Waals surface area contributed by atoms with Gasteiger partial charge in [0.05, 0.1) is 5.56 Å². The zero-order valence-electron chi connectivity index (χ0n) is 13.6. The van der Waals surface area contributed by atoms with Gasteiger partial charge in [0.25, 0.3) is 5.56 Å². The minimum atomic E-state index is -0.258. The van der Waals surface area contributed by atoms with Crippen molar-refractivity contribution in [2.24, 2.45) is 0 Å². The fourth-order valence-electron chi connectivity index (χ4n) is 2.74. The van der Waals surface area contributed by atoms with Crippen molar-refractivity contribution in [1.29, 1.82) is 0 Å². The molecule has 0 saturated heterocycles. The molecule has 24 heavy (non-hydrogen) atoms. The Bertz CT molecular complexity index is 802. The topological polar surface area (TPSA) is 74.8 Å². The lowest BCUT2D eigenvalue weighted by Crippen LogP contribution is -2.31. The van der Waals surface area contributed by atoms with Gasteiger partial charge in [0.15, 0.2) is 5.16 Å². The van der Waals surface area contributed by atoms with E-state index in [1.165, 1.54) is 11.8 Å². The summed E-state index contributed by atoms with van der Waals surface area (Å²) < 4.78 is 0. The second kappa shape index (κ2) is 7.44. The molecule has 1 amide bonds. The monoisotopic (exact) mass is 361 g/mol. The zero-order valence-corrected chi connectivity index (χ0v) is 15.2. The minimum absolute atomic E-state index is 0.106. The second-order valence-electron chi connectivity index (χ2n) is 5.56. The molecule has 0 aliphatic carbocycles.